The summed E-state index contributed by atoms with van der Waals surface area (Å²) in [6.07, 6.45) is 2.14. The average Bonchev–Trinajstić information content (AvgIpc) is 2.44. The third-order valence-electron chi connectivity index (χ3n) is 4.02. The van der Waals surface area contributed by atoms with Crippen molar-refractivity contribution >= 4 is 18.1 Å². The van der Waals surface area contributed by atoms with Crippen LogP contribution in [0.5, 0.6) is 0 Å². The van der Waals surface area contributed by atoms with Crippen molar-refractivity contribution in [3.63, 3.8) is 0 Å². The van der Waals surface area contributed by atoms with E-state index in [0.717, 1.165) is 13.1 Å². The van der Waals surface area contributed by atoms with Crippen LogP contribution < -0.4 is 5.32 Å². The van der Waals surface area contributed by atoms with Crippen LogP contribution in [0.3, 0.4) is 0 Å². The van der Waals surface area contributed by atoms with Gasteiger partial charge in [0.05, 0.1) is 17.8 Å². The van der Waals surface area contributed by atoms with E-state index < -0.39 is 0 Å². The molecule has 6 heteroatoms. The summed E-state index contributed by atoms with van der Waals surface area (Å²) in [4.78, 5) is 17.5. The Morgan fingerprint density at radius 1 is 1.45 bits per heavy atom. The second kappa shape index (κ2) is 6.89. The van der Waals surface area contributed by atoms with Crippen LogP contribution >= 0.6 is 12.2 Å². The number of H-pyrrole nitrogens is 1. The first kappa shape index (κ1) is 17.1. The Morgan fingerprint density at radius 3 is 2.68 bits per heavy atom. The Labute approximate surface area is 137 Å². The molecule has 0 spiro atoms. The maximum atomic E-state index is 12.3. The lowest BCUT2D eigenvalue weighted by atomic mass is 10.00. The standard InChI is InChI=1S/C16H25N3O2S/c1-11-8-19(9-12(2)21-11)16(3,4)10-18-14(20)13-6-5-7-17-15(13)22/h5-7,11-12H,8-10H2,1-4H3,(H,17,22)(H,18,20). The molecule has 1 amide bonds. The molecule has 122 valence electrons. The van der Waals surface area contributed by atoms with Gasteiger partial charge in [0.25, 0.3) is 5.91 Å². The summed E-state index contributed by atoms with van der Waals surface area (Å²) in [6, 6.07) is 3.52. The monoisotopic (exact) mass is 323 g/mol. The number of aromatic nitrogens is 1. The second-order valence-electron chi connectivity index (χ2n) is 6.57. The van der Waals surface area contributed by atoms with Crippen LogP contribution in [0.25, 0.3) is 0 Å². The number of ether oxygens (including phenoxy) is 1. The highest BCUT2D eigenvalue weighted by Crippen LogP contribution is 2.20. The number of rotatable bonds is 4. The lowest BCUT2D eigenvalue weighted by molar-refractivity contribution is -0.0948. The van der Waals surface area contributed by atoms with Crippen molar-refractivity contribution < 1.29 is 9.53 Å². The zero-order chi connectivity index (χ0) is 16.3. The molecule has 2 atom stereocenters. The van der Waals surface area contributed by atoms with Crippen molar-refractivity contribution in [3.8, 4) is 0 Å². The number of hydrogen-bond donors (Lipinski definition) is 2. The van der Waals surface area contributed by atoms with Gasteiger partial charge in [0.1, 0.15) is 4.64 Å². The van der Waals surface area contributed by atoms with Crippen molar-refractivity contribution in [1.82, 2.24) is 15.2 Å². The van der Waals surface area contributed by atoms with Gasteiger partial charge in [-0.2, -0.15) is 0 Å². The molecule has 1 saturated heterocycles. The smallest absolute Gasteiger partial charge is 0.254 e. The maximum absolute atomic E-state index is 12.3. The highest BCUT2D eigenvalue weighted by molar-refractivity contribution is 7.71. The highest BCUT2D eigenvalue weighted by atomic mass is 32.1. The van der Waals surface area contributed by atoms with Gasteiger partial charge < -0.3 is 15.0 Å². The number of aromatic amines is 1. The van der Waals surface area contributed by atoms with Gasteiger partial charge >= 0.3 is 0 Å². The fourth-order valence-electron chi connectivity index (χ4n) is 2.78. The summed E-state index contributed by atoms with van der Waals surface area (Å²) in [7, 11) is 0. The molecule has 0 aromatic carbocycles. The minimum Gasteiger partial charge on any atom is -0.373 e. The number of hydrogen-bond acceptors (Lipinski definition) is 4. The molecule has 1 aliphatic rings. The van der Waals surface area contributed by atoms with Crippen molar-refractivity contribution in [2.24, 2.45) is 0 Å². The third-order valence-corrected chi connectivity index (χ3v) is 4.36. The zero-order valence-corrected chi connectivity index (χ0v) is 14.5. The third kappa shape index (κ3) is 4.15. The van der Waals surface area contributed by atoms with Gasteiger partial charge in [0, 0.05) is 31.4 Å². The molecule has 0 radical (unpaired) electrons. The molecule has 2 N–H and O–H groups in total. The van der Waals surface area contributed by atoms with Gasteiger partial charge in [0.15, 0.2) is 0 Å². The first-order chi connectivity index (χ1) is 10.3. The summed E-state index contributed by atoms with van der Waals surface area (Å²) in [6.45, 7) is 10.8. The molecule has 0 saturated carbocycles. The summed E-state index contributed by atoms with van der Waals surface area (Å²) < 4.78 is 6.24. The van der Waals surface area contributed by atoms with E-state index >= 15 is 0 Å². The summed E-state index contributed by atoms with van der Waals surface area (Å²) in [5.74, 6) is -0.135. The normalized spacial score (nSPS) is 23.3. The number of morpholine rings is 1. The molecule has 2 unspecified atom stereocenters. The predicted molar refractivity (Wildman–Crippen MR) is 89.6 cm³/mol. The minimum atomic E-state index is -0.137. The number of amides is 1. The molecule has 0 bridgehead atoms. The van der Waals surface area contributed by atoms with Crippen LogP contribution in [0.15, 0.2) is 18.3 Å². The quantitative estimate of drug-likeness (QED) is 0.835. The maximum Gasteiger partial charge on any atom is 0.254 e. The van der Waals surface area contributed by atoms with Crippen LogP contribution in [0.4, 0.5) is 0 Å². The predicted octanol–water partition coefficient (Wildman–Crippen LogP) is 2.36. The topological polar surface area (TPSA) is 57.4 Å². The average molecular weight is 323 g/mol. The van der Waals surface area contributed by atoms with Gasteiger partial charge in [-0.3, -0.25) is 9.69 Å². The first-order valence-electron chi connectivity index (χ1n) is 7.66. The van der Waals surface area contributed by atoms with Gasteiger partial charge in [0.2, 0.25) is 0 Å². The number of pyridine rings is 1. The van der Waals surface area contributed by atoms with E-state index in [1.54, 1.807) is 18.3 Å². The Bertz CT molecular complexity index is 575. The van der Waals surface area contributed by atoms with Crippen LogP contribution in [-0.4, -0.2) is 53.2 Å². The van der Waals surface area contributed by atoms with Crippen molar-refractivity contribution in [2.45, 2.75) is 45.4 Å². The van der Waals surface area contributed by atoms with Crippen LogP contribution in [0.2, 0.25) is 0 Å². The van der Waals surface area contributed by atoms with Gasteiger partial charge in [-0.05, 0) is 39.8 Å². The molecular formula is C16H25N3O2S. The molecule has 1 aromatic rings. The number of carbonyl (C=O) groups excluding carboxylic acids is 1. The molecular weight excluding hydrogens is 298 g/mol. The van der Waals surface area contributed by atoms with Crippen molar-refractivity contribution in [1.29, 1.82) is 0 Å². The molecule has 2 rings (SSSR count). The van der Waals surface area contributed by atoms with Crippen LogP contribution in [-0.2, 0) is 4.74 Å². The number of nitrogens with one attached hydrogen (secondary N) is 2. The summed E-state index contributed by atoms with van der Waals surface area (Å²) >= 11 is 5.15. The van der Waals surface area contributed by atoms with E-state index in [1.807, 2.05) is 0 Å². The Hall–Kier alpha value is -1.24. The largest absolute Gasteiger partial charge is 0.373 e. The number of nitrogens with zero attached hydrogens (tertiary/aromatic N) is 1. The second-order valence-corrected chi connectivity index (χ2v) is 6.98. The van der Waals surface area contributed by atoms with E-state index in [4.69, 9.17) is 17.0 Å². The SMILES string of the molecule is CC1CN(C(C)(C)CNC(=O)c2ccc[nH]c2=S)CC(C)O1. The lowest BCUT2D eigenvalue weighted by Gasteiger charge is -2.45. The molecule has 2 heterocycles. The molecule has 0 aliphatic carbocycles. The fraction of sp³-hybridized carbons (Fsp3) is 0.625. The summed E-state index contributed by atoms with van der Waals surface area (Å²) in [5, 5.41) is 3.00. The van der Waals surface area contributed by atoms with Gasteiger partial charge in [-0.25, -0.2) is 0 Å². The zero-order valence-electron chi connectivity index (χ0n) is 13.7. The fourth-order valence-corrected chi connectivity index (χ4v) is 3.00. The Morgan fingerprint density at radius 2 is 2.09 bits per heavy atom. The van der Waals surface area contributed by atoms with Crippen molar-refractivity contribution in [2.75, 3.05) is 19.6 Å². The van der Waals surface area contributed by atoms with Crippen molar-refractivity contribution in [3.05, 3.63) is 28.5 Å². The van der Waals surface area contributed by atoms with Gasteiger partial charge in [-0.1, -0.05) is 12.2 Å². The van der Waals surface area contributed by atoms with Crippen LogP contribution in [0, 0.1) is 4.64 Å². The Kier molecular flexibility index (Phi) is 5.36. The van der Waals surface area contributed by atoms with E-state index in [-0.39, 0.29) is 23.7 Å². The van der Waals surface area contributed by atoms with E-state index in [0.29, 0.717) is 16.7 Å². The molecule has 1 aromatic heterocycles. The Balaban J connectivity index is 1.99. The van der Waals surface area contributed by atoms with E-state index in [9.17, 15) is 4.79 Å². The molecule has 5 nitrogen and oxygen atoms in total. The first-order valence-corrected chi connectivity index (χ1v) is 8.07. The van der Waals surface area contributed by atoms with Crippen LogP contribution in [0.1, 0.15) is 38.1 Å². The van der Waals surface area contributed by atoms with E-state index in [2.05, 4.69) is 42.9 Å². The summed E-state index contributed by atoms with van der Waals surface area (Å²) in [5.41, 5.74) is 0.374. The highest BCUT2D eigenvalue weighted by Gasteiger charge is 2.33. The van der Waals surface area contributed by atoms with E-state index in [1.165, 1.54) is 0 Å². The molecule has 1 aliphatic heterocycles. The lowest BCUT2D eigenvalue weighted by Crippen LogP contribution is -2.58. The molecule has 1 fully saturated rings. The number of carbonyl (C=O) groups is 1. The minimum absolute atomic E-state index is 0.135. The molecule has 22 heavy (non-hydrogen) atoms. The van der Waals surface area contributed by atoms with Gasteiger partial charge in [-0.15, -0.1) is 0 Å².